The van der Waals surface area contributed by atoms with E-state index in [9.17, 15) is 4.79 Å². The zero-order valence-electron chi connectivity index (χ0n) is 8.51. The second kappa shape index (κ2) is 4.33. The molecule has 1 aromatic rings. The summed E-state index contributed by atoms with van der Waals surface area (Å²) in [6.45, 7) is 2.92. The Morgan fingerprint density at radius 2 is 2.33 bits per heavy atom. The molecule has 0 aromatic heterocycles. The van der Waals surface area contributed by atoms with Gasteiger partial charge in [-0.3, -0.25) is 4.79 Å². The van der Waals surface area contributed by atoms with Crippen LogP contribution in [0.25, 0.3) is 0 Å². The molecule has 4 heteroatoms. The molecule has 0 bridgehead atoms. The molecular weight excluding hydrogens is 256 g/mol. The molecule has 1 heterocycles. The molecule has 1 amide bonds. The fourth-order valence-electron chi connectivity index (χ4n) is 1.50. The van der Waals surface area contributed by atoms with Gasteiger partial charge in [-0.15, -0.1) is 0 Å². The summed E-state index contributed by atoms with van der Waals surface area (Å²) in [6.07, 6.45) is 0.932. The minimum absolute atomic E-state index is 0.00644. The van der Waals surface area contributed by atoms with Crippen molar-refractivity contribution in [2.75, 3.05) is 11.9 Å². The molecular formula is C11H13BrN2O. The zero-order chi connectivity index (χ0) is 10.8. The lowest BCUT2D eigenvalue weighted by molar-refractivity contribution is -0.119. The molecule has 0 aliphatic carbocycles. The molecule has 0 unspecified atom stereocenters. The lowest BCUT2D eigenvalue weighted by atomic mass is 10.1. The Kier molecular flexibility index (Phi) is 3.07. The van der Waals surface area contributed by atoms with E-state index in [4.69, 9.17) is 0 Å². The van der Waals surface area contributed by atoms with Crippen LogP contribution in [0.3, 0.4) is 0 Å². The van der Waals surface area contributed by atoms with Crippen molar-refractivity contribution in [3.8, 4) is 0 Å². The Hall–Kier alpha value is -0.870. The molecule has 1 fully saturated rings. The second-order valence-electron chi connectivity index (χ2n) is 3.74. The van der Waals surface area contributed by atoms with Crippen molar-refractivity contribution in [3.63, 3.8) is 0 Å². The van der Waals surface area contributed by atoms with Crippen LogP contribution in [0.1, 0.15) is 12.0 Å². The smallest absolute Gasteiger partial charge is 0.241 e. The van der Waals surface area contributed by atoms with Gasteiger partial charge in [0.1, 0.15) is 0 Å². The zero-order valence-corrected chi connectivity index (χ0v) is 10.1. The molecule has 15 heavy (non-hydrogen) atoms. The van der Waals surface area contributed by atoms with Crippen molar-refractivity contribution < 1.29 is 4.79 Å². The summed E-state index contributed by atoms with van der Waals surface area (Å²) in [5.41, 5.74) is 1.95. The van der Waals surface area contributed by atoms with Gasteiger partial charge >= 0.3 is 0 Å². The van der Waals surface area contributed by atoms with Crippen molar-refractivity contribution in [2.45, 2.75) is 19.4 Å². The van der Waals surface area contributed by atoms with Crippen LogP contribution in [-0.2, 0) is 4.79 Å². The molecule has 1 aromatic carbocycles. The Morgan fingerprint density at radius 1 is 1.60 bits per heavy atom. The standard InChI is InChI=1S/C11H13BrN2O/c1-7-6-8(12)2-3-9(7)14-11(15)10-4-5-13-10/h2-3,6,10,13H,4-5H2,1H3,(H,14,15)/t10-/m1/s1. The predicted molar refractivity (Wildman–Crippen MR) is 63.9 cm³/mol. The van der Waals surface area contributed by atoms with Gasteiger partial charge in [0.15, 0.2) is 0 Å². The summed E-state index contributed by atoms with van der Waals surface area (Å²) in [4.78, 5) is 11.6. The predicted octanol–water partition coefficient (Wildman–Crippen LogP) is 2.06. The van der Waals surface area contributed by atoms with Gasteiger partial charge in [0.25, 0.3) is 0 Å². The van der Waals surface area contributed by atoms with E-state index in [1.807, 2.05) is 25.1 Å². The highest BCUT2D eigenvalue weighted by molar-refractivity contribution is 9.10. The average Bonchev–Trinajstić information content (AvgIpc) is 2.07. The number of amides is 1. The van der Waals surface area contributed by atoms with Gasteiger partial charge in [0.05, 0.1) is 6.04 Å². The molecule has 1 atom stereocenters. The summed E-state index contributed by atoms with van der Waals surface area (Å²) >= 11 is 3.39. The van der Waals surface area contributed by atoms with Crippen LogP contribution in [0.5, 0.6) is 0 Å². The molecule has 0 spiro atoms. The first-order chi connectivity index (χ1) is 7.16. The average molecular weight is 269 g/mol. The summed E-state index contributed by atoms with van der Waals surface area (Å²) in [5.74, 6) is 0.0617. The minimum Gasteiger partial charge on any atom is -0.324 e. The molecule has 3 nitrogen and oxygen atoms in total. The van der Waals surface area contributed by atoms with Gasteiger partial charge in [0.2, 0.25) is 5.91 Å². The number of anilines is 1. The van der Waals surface area contributed by atoms with Gasteiger partial charge in [-0.1, -0.05) is 15.9 Å². The number of benzene rings is 1. The van der Waals surface area contributed by atoms with Gasteiger partial charge in [-0.25, -0.2) is 0 Å². The van der Waals surface area contributed by atoms with Gasteiger partial charge < -0.3 is 10.6 Å². The summed E-state index contributed by atoms with van der Waals surface area (Å²) in [5, 5.41) is 5.99. The van der Waals surface area contributed by atoms with Crippen molar-refractivity contribution in [1.82, 2.24) is 5.32 Å². The third kappa shape index (κ3) is 2.38. The quantitative estimate of drug-likeness (QED) is 0.862. The van der Waals surface area contributed by atoms with Gasteiger partial charge in [-0.05, 0) is 43.7 Å². The van der Waals surface area contributed by atoms with E-state index in [1.165, 1.54) is 0 Å². The number of carbonyl (C=O) groups is 1. The molecule has 80 valence electrons. The number of rotatable bonds is 2. The lowest BCUT2D eigenvalue weighted by Crippen LogP contribution is -2.50. The maximum absolute atomic E-state index is 11.6. The molecule has 1 saturated heterocycles. The molecule has 0 radical (unpaired) electrons. The largest absolute Gasteiger partial charge is 0.324 e. The summed E-state index contributed by atoms with van der Waals surface area (Å²) in [6, 6.07) is 5.82. The fraction of sp³-hybridized carbons (Fsp3) is 0.364. The summed E-state index contributed by atoms with van der Waals surface area (Å²) < 4.78 is 1.03. The molecule has 0 saturated carbocycles. The van der Waals surface area contributed by atoms with E-state index >= 15 is 0 Å². The van der Waals surface area contributed by atoms with E-state index in [1.54, 1.807) is 0 Å². The van der Waals surface area contributed by atoms with Gasteiger partial charge in [0, 0.05) is 10.2 Å². The van der Waals surface area contributed by atoms with E-state index in [-0.39, 0.29) is 11.9 Å². The SMILES string of the molecule is Cc1cc(Br)ccc1NC(=O)[C@H]1CCN1. The van der Waals surface area contributed by atoms with Crippen molar-refractivity contribution in [1.29, 1.82) is 0 Å². The van der Waals surface area contributed by atoms with Crippen LogP contribution >= 0.6 is 15.9 Å². The highest BCUT2D eigenvalue weighted by Gasteiger charge is 2.24. The van der Waals surface area contributed by atoms with Crippen LogP contribution < -0.4 is 10.6 Å². The van der Waals surface area contributed by atoms with E-state index in [0.717, 1.165) is 28.7 Å². The molecule has 2 rings (SSSR count). The van der Waals surface area contributed by atoms with Crippen LogP contribution in [0.15, 0.2) is 22.7 Å². The first kappa shape index (κ1) is 10.6. The first-order valence-corrected chi connectivity index (χ1v) is 5.76. The molecule has 1 aliphatic heterocycles. The van der Waals surface area contributed by atoms with Crippen LogP contribution in [-0.4, -0.2) is 18.5 Å². The third-order valence-electron chi connectivity index (χ3n) is 2.59. The third-order valence-corrected chi connectivity index (χ3v) is 3.08. The van der Waals surface area contributed by atoms with Crippen molar-refractivity contribution in [3.05, 3.63) is 28.2 Å². The Labute approximate surface area is 97.4 Å². The maximum atomic E-state index is 11.6. The Balaban J connectivity index is 2.06. The highest BCUT2D eigenvalue weighted by Crippen LogP contribution is 2.20. The first-order valence-electron chi connectivity index (χ1n) is 4.97. The second-order valence-corrected chi connectivity index (χ2v) is 4.66. The summed E-state index contributed by atoms with van der Waals surface area (Å²) in [7, 11) is 0. The minimum atomic E-state index is -0.00644. The van der Waals surface area contributed by atoms with E-state index < -0.39 is 0 Å². The number of hydrogen-bond acceptors (Lipinski definition) is 2. The number of aryl methyl sites for hydroxylation is 1. The van der Waals surface area contributed by atoms with Crippen LogP contribution in [0, 0.1) is 6.92 Å². The van der Waals surface area contributed by atoms with Gasteiger partial charge in [-0.2, -0.15) is 0 Å². The van der Waals surface area contributed by atoms with Crippen LogP contribution in [0.2, 0.25) is 0 Å². The lowest BCUT2D eigenvalue weighted by Gasteiger charge is -2.26. The van der Waals surface area contributed by atoms with E-state index in [0.29, 0.717) is 0 Å². The normalized spacial score (nSPS) is 19.5. The van der Waals surface area contributed by atoms with E-state index in [2.05, 4.69) is 26.6 Å². The number of carbonyl (C=O) groups excluding carboxylic acids is 1. The Bertz CT molecular complexity index is 388. The number of nitrogens with one attached hydrogen (secondary N) is 2. The fourth-order valence-corrected chi connectivity index (χ4v) is 1.98. The molecule has 2 N–H and O–H groups in total. The van der Waals surface area contributed by atoms with Crippen molar-refractivity contribution >= 4 is 27.5 Å². The highest BCUT2D eigenvalue weighted by atomic mass is 79.9. The number of hydrogen-bond donors (Lipinski definition) is 2. The van der Waals surface area contributed by atoms with Crippen molar-refractivity contribution in [2.24, 2.45) is 0 Å². The maximum Gasteiger partial charge on any atom is 0.241 e. The Morgan fingerprint density at radius 3 is 2.87 bits per heavy atom. The van der Waals surface area contributed by atoms with Crippen LogP contribution in [0.4, 0.5) is 5.69 Å². The molecule has 1 aliphatic rings. The topological polar surface area (TPSA) is 41.1 Å². The number of halogens is 1. The monoisotopic (exact) mass is 268 g/mol.